The van der Waals surface area contributed by atoms with Crippen molar-refractivity contribution in [3.05, 3.63) is 64.1 Å². The number of hydrogen-bond donors (Lipinski definition) is 1. The van der Waals surface area contributed by atoms with E-state index in [2.05, 4.69) is 30.7 Å². The SMILES string of the molecule is CCn1c(C)c(C)c2cc(C(=O)N3CCN(CC(=O)OCOC(=O)C(C)(C)C)CC3)cc(NCc3ccc(F)cc3C)c21. The van der Waals surface area contributed by atoms with Gasteiger partial charge in [0.2, 0.25) is 6.79 Å². The quantitative estimate of drug-likeness (QED) is 0.269. The van der Waals surface area contributed by atoms with Crippen molar-refractivity contribution in [1.29, 1.82) is 0 Å². The maximum absolute atomic E-state index is 13.7. The Hall–Kier alpha value is -3.92. The Morgan fingerprint density at radius 2 is 1.67 bits per heavy atom. The molecule has 0 spiro atoms. The van der Waals surface area contributed by atoms with Gasteiger partial charge in [0.1, 0.15) is 5.82 Å². The summed E-state index contributed by atoms with van der Waals surface area (Å²) in [6.07, 6.45) is 0. The molecule has 1 aliphatic heterocycles. The van der Waals surface area contributed by atoms with Crippen molar-refractivity contribution in [2.24, 2.45) is 5.41 Å². The van der Waals surface area contributed by atoms with E-state index in [9.17, 15) is 18.8 Å². The number of anilines is 1. The second-order valence-electron chi connectivity index (χ2n) is 12.2. The standard InChI is InChI=1S/C33H43FN4O5/c1-8-38-23(4)22(3)27-16-25(17-28(30(27)38)35-18-24-9-10-26(34)15-21(24)2)31(40)37-13-11-36(12-14-37)19-29(39)42-20-43-32(41)33(5,6)7/h9-10,15-17,35H,8,11-14,18-20H2,1-7H3. The number of ether oxygens (including phenoxy) is 2. The van der Waals surface area contributed by atoms with Gasteiger partial charge in [-0.3, -0.25) is 19.3 Å². The number of esters is 2. The zero-order valence-corrected chi connectivity index (χ0v) is 26.3. The number of halogens is 1. The smallest absolute Gasteiger partial charge is 0.323 e. The van der Waals surface area contributed by atoms with Crippen LogP contribution in [0.15, 0.2) is 30.3 Å². The number of benzene rings is 2. The normalized spacial score (nSPS) is 14.2. The molecule has 0 bridgehead atoms. The van der Waals surface area contributed by atoms with Crippen LogP contribution in [0.25, 0.3) is 10.9 Å². The second kappa shape index (κ2) is 13.2. The topological polar surface area (TPSA) is 93.1 Å². The van der Waals surface area contributed by atoms with Crippen LogP contribution in [0.1, 0.15) is 60.4 Å². The molecule has 2 aromatic carbocycles. The van der Waals surface area contributed by atoms with Crippen molar-refractivity contribution >= 4 is 34.4 Å². The number of hydrogen-bond acceptors (Lipinski definition) is 7. The van der Waals surface area contributed by atoms with Gasteiger partial charge in [0.25, 0.3) is 5.91 Å². The van der Waals surface area contributed by atoms with Crippen LogP contribution < -0.4 is 5.32 Å². The van der Waals surface area contributed by atoms with Crippen molar-refractivity contribution in [2.75, 3.05) is 44.8 Å². The van der Waals surface area contributed by atoms with Gasteiger partial charge in [-0.05, 0) is 89.4 Å². The molecule has 2 heterocycles. The van der Waals surface area contributed by atoms with E-state index >= 15 is 0 Å². The van der Waals surface area contributed by atoms with Crippen LogP contribution >= 0.6 is 0 Å². The first-order valence-electron chi connectivity index (χ1n) is 14.8. The second-order valence-corrected chi connectivity index (χ2v) is 12.2. The fraction of sp³-hybridized carbons (Fsp3) is 0.485. The maximum atomic E-state index is 13.7. The molecule has 0 saturated carbocycles. The highest BCUT2D eigenvalue weighted by molar-refractivity contribution is 6.04. The van der Waals surface area contributed by atoms with E-state index in [-0.39, 0.29) is 18.3 Å². The Labute approximate surface area is 252 Å². The number of carbonyl (C=O) groups excluding carboxylic acids is 3. The first-order chi connectivity index (χ1) is 20.3. The highest BCUT2D eigenvalue weighted by Gasteiger charge is 2.27. The van der Waals surface area contributed by atoms with Crippen LogP contribution in [0.3, 0.4) is 0 Å². The molecule has 232 valence electrons. The number of piperazine rings is 1. The molecule has 1 aromatic heterocycles. The molecule has 1 saturated heterocycles. The van der Waals surface area contributed by atoms with Crippen molar-refractivity contribution in [1.82, 2.24) is 14.4 Å². The minimum atomic E-state index is -0.671. The third-order valence-corrected chi connectivity index (χ3v) is 8.10. The van der Waals surface area contributed by atoms with Crippen molar-refractivity contribution < 1.29 is 28.2 Å². The maximum Gasteiger partial charge on any atom is 0.323 e. The fourth-order valence-corrected chi connectivity index (χ4v) is 5.36. The van der Waals surface area contributed by atoms with Gasteiger partial charge in [-0.2, -0.15) is 0 Å². The van der Waals surface area contributed by atoms with E-state index in [1.807, 2.05) is 24.0 Å². The van der Waals surface area contributed by atoms with Gasteiger partial charge in [-0.25, -0.2) is 4.39 Å². The first kappa shape index (κ1) is 32.0. The molecule has 0 atom stereocenters. The van der Waals surface area contributed by atoms with Crippen LogP contribution in [0.4, 0.5) is 10.1 Å². The average Bonchev–Trinajstić information content (AvgIpc) is 3.20. The molecule has 10 heteroatoms. The number of carbonyl (C=O) groups is 3. The summed E-state index contributed by atoms with van der Waals surface area (Å²) < 4.78 is 26.0. The molecular weight excluding hydrogens is 551 g/mol. The van der Waals surface area contributed by atoms with Gasteiger partial charge in [0, 0.05) is 55.9 Å². The number of aromatic nitrogens is 1. The first-order valence-corrected chi connectivity index (χ1v) is 14.8. The Kier molecular flexibility index (Phi) is 9.79. The molecule has 1 N–H and O–H groups in total. The third kappa shape index (κ3) is 7.36. The van der Waals surface area contributed by atoms with E-state index in [0.29, 0.717) is 38.3 Å². The molecular formula is C33H43FN4O5. The lowest BCUT2D eigenvalue weighted by Gasteiger charge is -2.34. The number of amides is 1. The lowest BCUT2D eigenvalue weighted by Crippen LogP contribution is -2.50. The monoisotopic (exact) mass is 594 g/mol. The Bertz CT molecular complexity index is 1520. The van der Waals surface area contributed by atoms with E-state index in [4.69, 9.17) is 9.47 Å². The minimum Gasteiger partial charge on any atom is -0.427 e. The Balaban J connectivity index is 1.44. The van der Waals surface area contributed by atoms with Gasteiger partial charge in [-0.1, -0.05) is 6.07 Å². The Morgan fingerprint density at radius 3 is 2.30 bits per heavy atom. The van der Waals surface area contributed by atoms with Crippen LogP contribution in [0, 0.1) is 32.0 Å². The summed E-state index contributed by atoms with van der Waals surface area (Å²) in [6, 6.07) is 8.66. The lowest BCUT2D eigenvalue weighted by molar-refractivity contribution is -0.173. The Morgan fingerprint density at radius 1 is 0.977 bits per heavy atom. The molecule has 0 aliphatic carbocycles. The van der Waals surface area contributed by atoms with Gasteiger partial charge in [0.05, 0.1) is 23.2 Å². The lowest BCUT2D eigenvalue weighted by atomic mass is 9.98. The predicted molar refractivity (Wildman–Crippen MR) is 164 cm³/mol. The highest BCUT2D eigenvalue weighted by Crippen LogP contribution is 2.33. The van der Waals surface area contributed by atoms with Crippen molar-refractivity contribution in [2.45, 2.75) is 61.6 Å². The van der Waals surface area contributed by atoms with Crippen LogP contribution in [-0.2, 0) is 32.2 Å². The molecule has 9 nitrogen and oxygen atoms in total. The minimum absolute atomic E-state index is 0.0565. The average molecular weight is 595 g/mol. The molecule has 4 rings (SSSR count). The molecule has 1 aliphatic rings. The van der Waals surface area contributed by atoms with E-state index in [1.54, 1.807) is 31.7 Å². The summed E-state index contributed by atoms with van der Waals surface area (Å²) >= 11 is 0. The summed E-state index contributed by atoms with van der Waals surface area (Å²) in [5.74, 6) is -1.25. The largest absolute Gasteiger partial charge is 0.427 e. The van der Waals surface area contributed by atoms with E-state index in [1.165, 1.54) is 12.1 Å². The zero-order chi connectivity index (χ0) is 31.5. The van der Waals surface area contributed by atoms with Crippen LogP contribution in [-0.4, -0.2) is 71.7 Å². The molecule has 43 heavy (non-hydrogen) atoms. The summed E-state index contributed by atoms with van der Waals surface area (Å²) in [4.78, 5) is 41.6. The highest BCUT2D eigenvalue weighted by atomic mass is 19.1. The number of nitrogens with one attached hydrogen (secondary N) is 1. The molecule has 1 fully saturated rings. The molecule has 3 aromatic rings. The van der Waals surface area contributed by atoms with E-state index < -0.39 is 24.1 Å². The summed E-state index contributed by atoms with van der Waals surface area (Å²) in [5, 5.41) is 4.56. The van der Waals surface area contributed by atoms with Crippen LogP contribution in [0.5, 0.6) is 0 Å². The third-order valence-electron chi connectivity index (χ3n) is 8.10. The summed E-state index contributed by atoms with van der Waals surface area (Å²) in [7, 11) is 0. The van der Waals surface area contributed by atoms with Gasteiger partial charge >= 0.3 is 11.9 Å². The van der Waals surface area contributed by atoms with Gasteiger partial charge in [-0.15, -0.1) is 0 Å². The number of rotatable bonds is 9. The van der Waals surface area contributed by atoms with Crippen molar-refractivity contribution in [3.63, 3.8) is 0 Å². The van der Waals surface area contributed by atoms with Crippen LogP contribution in [0.2, 0.25) is 0 Å². The number of nitrogens with zero attached hydrogens (tertiary/aromatic N) is 3. The fourth-order valence-electron chi connectivity index (χ4n) is 5.36. The van der Waals surface area contributed by atoms with E-state index in [0.717, 1.165) is 45.5 Å². The number of fused-ring (bicyclic) bond motifs is 1. The number of aryl methyl sites for hydroxylation is 3. The summed E-state index contributed by atoms with van der Waals surface area (Å²) in [5.41, 5.74) is 5.95. The predicted octanol–water partition coefficient (Wildman–Crippen LogP) is 5.19. The molecule has 0 radical (unpaired) electrons. The molecule has 1 amide bonds. The zero-order valence-electron chi connectivity index (χ0n) is 26.3. The van der Waals surface area contributed by atoms with Crippen molar-refractivity contribution in [3.8, 4) is 0 Å². The van der Waals surface area contributed by atoms with Gasteiger partial charge in [0.15, 0.2) is 0 Å². The van der Waals surface area contributed by atoms with Gasteiger partial charge < -0.3 is 24.3 Å². The molecule has 0 unspecified atom stereocenters. The summed E-state index contributed by atoms with van der Waals surface area (Å²) in [6.45, 7) is 16.2.